The maximum Gasteiger partial charge on any atom is 0.179 e. The second kappa shape index (κ2) is 10.6. The number of hydrogen-bond acceptors (Lipinski definition) is 4. The third kappa shape index (κ3) is 4.97. The van der Waals surface area contributed by atoms with Gasteiger partial charge in [0.1, 0.15) is 5.52 Å². The van der Waals surface area contributed by atoms with Crippen molar-refractivity contribution in [3.63, 3.8) is 0 Å². The molecule has 6 nitrogen and oxygen atoms in total. The number of aryl methyl sites for hydroxylation is 3. The Labute approximate surface area is 248 Å². The molecule has 6 heteroatoms. The second-order valence-corrected chi connectivity index (χ2v) is 12.9. The van der Waals surface area contributed by atoms with Crippen molar-refractivity contribution in [3.05, 3.63) is 113 Å². The van der Waals surface area contributed by atoms with Crippen LogP contribution in [-0.2, 0) is 19.0 Å². The number of aromatic nitrogens is 6. The van der Waals surface area contributed by atoms with Crippen molar-refractivity contribution >= 4 is 16.7 Å². The fourth-order valence-electron chi connectivity index (χ4n) is 7.66. The summed E-state index contributed by atoms with van der Waals surface area (Å²) in [7, 11) is 1.91. The minimum Gasteiger partial charge on any atom is -0.268 e. The number of allylic oxidation sites excluding steroid dienone is 1. The lowest BCUT2D eigenvalue weighted by Gasteiger charge is -2.54. The fourth-order valence-corrected chi connectivity index (χ4v) is 7.66. The lowest BCUT2D eigenvalue weighted by Crippen LogP contribution is -2.44. The van der Waals surface area contributed by atoms with Crippen LogP contribution in [0.3, 0.4) is 0 Å². The van der Waals surface area contributed by atoms with Gasteiger partial charge in [-0.2, -0.15) is 5.10 Å². The summed E-state index contributed by atoms with van der Waals surface area (Å²) in [6.07, 6.45) is 14.7. The van der Waals surface area contributed by atoms with E-state index < -0.39 is 0 Å². The minimum atomic E-state index is 0.403. The topological polar surface area (TPSA) is 61.4 Å². The molecule has 2 bridgehead atoms. The molecule has 0 unspecified atom stereocenters. The van der Waals surface area contributed by atoms with Crippen LogP contribution in [0.1, 0.15) is 85.0 Å². The molecule has 0 amide bonds. The Morgan fingerprint density at radius 1 is 0.905 bits per heavy atom. The first kappa shape index (κ1) is 26.8. The van der Waals surface area contributed by atoms with Gasteiger partial charge in [0, 0.05) is 30.1 Å². The van der Waals surface area contributed by atoms with E-state index in [2.05, 4.69) is 96.2 Å². The third-order valence-corrected chi connectivity index (χ3v) is 10.1. The fraction of sp³-hybridized carbons (Fsp3) is 0.389. The summed E-state index contributed by atoms with van der Waals surface area (Å²) in [5.41, 5.74) is 10.7. The molecule has 3 fully saturated rings. The van der Waals surface area contributed by atoms with Gasteiger partial charge in [0.25, 0.3) is 0 Å². The van der Waals surface area contributed by atoms with E-state index in [1.807, 2.05) is 18.7 Å². The maximum atomic E-state index is 5.08. The van der Waals surface area contributed by atoms with Crippen LogP contribution in [0.25, 0.3) is 16.7 Å². The van der Waals surface area contributed by atoms with Gasteiger partial charge < -0.3 is 0 Å². The largest absolute Gasteiger partial charge is 0.268 e. The van der Waals surface area contributed by atoms with Gasteiger partial charge in [-0.1, -0.05) is 71.5 Å². The number of pyridine rings is 1. The zero-order chi connectivity index (χ0) is 28.7. The average Bonchev–Trinajstić information content (AvgIpc) is 3.63. The molecule has 214 valence electrons. The lowest BCUT2D eigenvalue weighted by atomic mass is 9.51. The summed E-state index contributed by atoms with van der Waals surface area (Å²) in [5, 5.41) is 13.9. The number of benzene rings is 2. The Kier molecular flexibility index (Phi) is 6.80. The first-order valence-corrected chi connectivity index (χ1v) is 15.4. The number of hydrogen-bond donors (Lipinski definition) is 0. The van der Waals surface area contributed by atoms with Gasteiger partial charge in [-0.3, -0.25) is 4.68 Å². The molecule has 3 saturated carbocycles. The Balaban J connectivity index is 1.17. The number of fused-ring (bicyclic) bond motifs is 4. The van der Waals surface area contributed by atoms with Crippen LogP contribution in [0.2, 0.25) is 0 Å². The predicted molar refractivity (Wildman–Crippen MR) is 168 cm³/mol. The van der Waals surface area contributed by atoms with Gasteiger partial charge in [0.05, 0.1) is 12.2 Å². The molecule has 0 aliphatic heterocycles. The molecule has 0 saturated heterocycles. The molecule has 5 aromatic rings. The smallest absolute Gasteiger partial charge is 0.179 e. The Morgan fingerprint density at radius 2 is 1.69 bits per heavy atom. The van der Waals surface area contributed by atoms with Crippen LogP contribution in [0.15, 0.2) is 79.0 Å². The molecule has 3 aromatic heterocycles. The Hall–Kier alpha value is -4.06. The third-order valence-electron chi connectivity index (χ3n) is 10.1. The molecule has 3 aliphatic carbocycles. The molecule has 3 aliphatic rings. The van der Waals surface area contributed by atoms with Crippen molar-refractivity contribution in [1.82, 2.24) is 29.8 Å². The van der Waals surface area contributed by atoms with Gasteiger partial charge in [0.15, 0.2) is 5.65 Å². The highest BCUT2D eigenvalue weighted by Gasteiger charge is 2.48. The normalized spacial score (nSPS) is 22.2. The summed E-state index contributed by atoms with van der Waals surface area (Å²) in [6.45, 7) is 4.93. The molecule has 0 radical (unpaired) electrons. The summed E-state index contributed by atoms with van der Waals surface area (Å²) >= 11 is 0. The van der Waals surface area contributed by atoms with Crippen molar-refractivity contribution < 1.29 is 0 Å². The molecule has 2 aromatic carbocycles. The highest BCUT2D eigenvalue weighted by atomic mass is 15.4. The van der Waals surface area contributed by atoms with Crippen molar-refractivity contribution in [2.24, 2.45) is 12.5 Å². The molecular formula is C36H40N6. The molecule has 0 N–H and O–H groups in total. The van der Waals surface area contributed by atoms with E-state index in [4.69, 9.17) is 10.1 Å². The van der Waals surface area contributed by atoms with E-state index in [1.165, 1.54) is 56.1 Å². The zero-order valence-electron chi connectivity index (χ0n) is 25.1. The van der Waals surface area contributed by atoms with Crippen LogP contribution in [0.4, 0.5) is 0 Å². The van der Waals surface area contributed by atoms with Crippen molar-refractivity contribution in [3.8, 4) is 0 Å². The standard InChI is InChI=1S/C36H40N6/c1-26-9-7-10-28(23-26)25-42-22-14-32(39-42)30(31-24-27(2)37-34-33(31)38-40-41(34)3)13-8-15-35-16-19-36(20-17-35,21-18-35)29-11-5-4-6-12-29/h4-7,9-14,22-24H,8,15-21,25H2,1-3H3/b30-13-. The molecule has 42 heavy (non-hydrogen) atoms. The van der Waals surface area contributed by atoms with Crippen molar-refractivity contribution in [2.75, 3.05) is 0 Å². The monoisotopic (exact) mass is 556 g/mol. The van der Waals surface area contributed by atoms with Crippen molar-refractivity contribution in [1.29, 1.82) is 0 Å². The summed E-state index contributed by atoms with van der Waals surface area (Å²) in [4.78, 5) is 4.74. The van der Waals surface area contributed by atoms with E-state index in [1.54, 1.807) is 10.2 Å². The Morgan fingerprint density at radius 3 is 2.45 bits per heavy atom. The van der Waals surface area contributed by atoms with E-state index >= 15 is 0 Å². The second-order valence-electron chi connectivity index (χ2n) is 12.9. The van der Waals surface area contributed by atoms with Crippen LogP contribution in [-0.4, -0.2) is 29.8 Å². The maximum absolute atomic E-state index is 5.08. The Bertz CT molecular complexity index is 1730. The molecule has 0 spiro atoms. The van der Waals surface area contributed by atoms with Gasteiger partial charge in [-0.05, 0) is 99.3 Å². The van der Waals surface area contributed by atoms with Gasteiger partial charge in [0.2, 0.25) is 0 Å². The minimum absolute atomic E-state index is 0.403. The molecule has 0 atom stereocenters. The summed E-state index contributed by atoms with van der Waals surface area (Å²) in [5.74, 6) is 0. The first-order valence-electron chi connectivity index (χ1n) is 15.4. The summed E-state index contributed by atoms with van der Waals surface area (Å²) in [6, 6.07) is 24.2. The predicted octanol–water partition coefficient (Wildman–Crippen LogP) is 7.73. The molecular weight excluding hydrogens is 516 g/mol. The van der Waals surface area contributed by atoms with E-state index in [0.717, 1.165) is 46.7 Å². The zero-order valence-corrected chi connectivity index (χ0v) is 25.1. The lowest BCUT2D eigenvalue weighted by molar-refractivity contribution is 0.0334. The molecule has 3 heterocycles. The van der Waals surface area contributed by atoms with E-state index in [-0.39, 0.29) is 0 Å². The number of rotatable bonds is 8. The van der Waals surface area contributed by atoms with Gasteiger partial charge >= 0.3 is 0 Å². The summed E-state index contributed by atoms with van der Waals surface area (Å²) < 4.78 is 3.81. The molecule has 8 rings (SSSR count). The highest BCUT2D eigenvalue weighted by molar-refractivity contribution is 5.91. The van der Waals surface area contributed by atoms with E-state index in [0.29, 0.717) is 10.8 Å². The SMILES string of the molecule is Cc1cccc(Cn2ccc(/C(=C\CCC34CCC(c5ccccc5)(CC3)CC4)c3cc(C)nc4c3nnn4C)n2)c1. The van der Waals surface area contributed by atoms with Gasteiger partial charge in [-0.25, -0.2) is 9.67 Å². The highest BCUT2D eigenvalue weighted by Crippen LogP contribution is 2.59. The van der Waals surface area contributed by atoms with Crippen molar-refractivity contribution in [2.45, 2.75) is 77.2 Å². The van der Waals surface area contributed by atoms with Crippen LogP contribution in [0, 0.1) is 19.3 Å². The van der Waals surface area contributed by atoms with E-state index in [9.17, 15) is 0 Å². The first-order chi connectivity index (χ1) is 20.4. The number of nitrogens with zero attached hydrogens (tertiary/aromatic N) is 6. The average molecular weight is 557 g/mol. The quantitative estimate of drug-likeness (QED) is 0.196. The van der Waals surface area contributed by atoms with Gasteiger partial charge in [-0.15, -0.1) is 5.10 Å². The van der Waals surface area contributed by atoms with Crippen LogP contribution in [0.5, 0.6) is 0 Å². The van der Waals surface area contributed by atoms with Crippen LogP contribution < -0.4 is 0 Å². The van der Waals surface area contributed by atoms with Crippen LogP contribution >= 0.6 is 0 Å².